The maximum absolute atomic E-state index is 12.4. The molecule has 166 valence electrons. The summed E-state index contributed by atoms with van der Waals surface area (Å²) in [6.07, 6.45) is 4.98. The molecule has 1 N–H and O–H groups in total. The van der Waals surface area contributed by atoms with Gasteiger partial charge >= 0.3 is 0 Å². The minimum atomic E-state index is -0.255. The van der Waals surface area contributed by atoms with Gasteiger partial charge in [-0.3, -0.25) is 14.3 Å². The SMILES string of the molecule is COc1cccc(/C=N\NC(=O)CSc2nnc(-c3ccncc3)n2-c2ccc(Br)cc2)c1. The first-order valence-corrected chi connectivity index (χ1v) is 11.6. The van der Waals surface area contributed by atoms with Gasteiger partial charge in [0.05, 0.1) is 19.1 Å². The molecule has 0 spiro atoms. The zero-order valence-corrected chi connectivity index (χ0v) is 20.0. The predicted octanol–water partition coefficient (Wildman–Crippen LogP) is 4.34. The Morgan fingerprint density at radius 3 is 2.70 bits per heavy atom. The summed E-state index contributed by atoms with van der Waals surface area (Å²) >= 11 is 4.74. The quantitative estimate of drug-likeness (QED) is 0.210. The van der Waals surface area contributed by atoms with Gasteiger partial charge in [-0.05, 0) is 54.1 Å². The minimum Gasteiger partial charge on any atom is -0.497 e. The van der Waals surface area contributed by atoms with Crippen molar-refractivity contribution in [3.05, 3.63) is 83.1 Å². The Hall–Kier alpha value is -3.50. The summed E-state index contributed by atoms with van der Waals surface area (Å²) < 4.78 is 8.07. The van der Waals surface area contributed by atoms with E-state index in [0.717, 1.165) is 27.0 Å². The molecule has 0 aliphatic rings. The van der Waals surface area contributed by atoms with E-state index < -0.39 is 0 Å². The average molecular weight is 523 g/mol. The lowest BCUT2D eigenvalue weighted by Gasteiger charge is -2.10. The monoisotopic (exact) mass is 522 g/mol. The number of hydrazone groups is 1. The second-order valence-electron chi connectivity index (χ2n) is 6.71. The Bertz CT molecular complexity index is 1260. The first kappa shape index (κ1) is 22.7. The zero-order chi connectivity index (χ0) is 23.0. The van der Waals surface area contributed by atoms with Gasteiger partial charge in [0.15, 0.2) is 11.0 Å². The molecule has 0 aliphatic heterocycles. The first-order valence-electron chi connectivity index (χ1n) is 9.84. The number of aromatic nitrogens is 4. The molecule has 8 nitrogen and oxygen atoms in total. The maximum atomic E-state index is 12.4. The fourth-order valence-corrected chi connectivity index (χ4v) is 3.95. The molecule has 2 heterocycles. The van der Waals surface area contributed by atoms with Crippen LogP contribution in [-0.4, -0.2) is 44.7 Å². The van der Waals surface area contributed by atoms with Crippen LogP contribution in [0.2, 0.25) is 0 Å². The molecule has 0 unspecified atom stereocenters. The van der Waals surface area contributed by atoms with Gasteiger partial charge in [-0.2, -0.15) is 5.10 Å². The van der Waals surface area contributed by atoms with Crippen molar-refractivity contribution in [2.24, 2.45) is 5.10 Å². The van der Waals surface area contributed by atoms with Crippen molar-refractivity contribution in [2.45, 2.75) is 5.16 Å². The van der Waals surface area contributed by atoms with Crippen LogP contribution in [0.5, 0.6) is 5.75 Å². The van der Waals surface area contributed by atoms with E-state index in [4.69, 9.17) is 4.74 Å². The molecule has 0 saturated heterocycles. The van der Waals surface area contributed by atoms with Crippen LogP contribution in [0.4, 0.5) is 0 Å². The zero-order valence-electron chi connectivity index (χ0n) is 17.6. The number of nitrogens with one attached hydrogen (secondary N) is 1. The van der Waals surface area contributed by atoms with Crippen molar-refractivity contribution >= 4 is 39.8 Å². The van der Waals surface area contributed by atoms with E-state index >= 15 is 0 Å². The number of halogens is 1. The Morgan fingerprint density at radius 1 is 1.15 bits per heavy atom. The third-order valence-corrected chi connectivity index (χ3v) is 5.94. The van der Waals surface area contributed by atoms with Crippen LogP contribution >= 0.6 is 27.7 Å². The standard InChI is InChI=1S/C23H19BrN6O2S/c1-32-20-4-2-3-16(13-20)14-26-27-21(31)15-33-23-29-28-22(17-9-11-25-12-10-17)30(23)19-7-5-18(24)6-8-19/h2-14H,15H2,1H3,(H,27,31)/b26-14-. The van der Waals surface area contributed by atoms with Crippen molar-refractivity contribution in [3.63, 3.8) is 0 Å². The molecule has 1 amide bonds. The van der Waals surface area contributed by atoms with Crippen molar-refractivity contribution in [1.82, 2.24) is 25.2 Å². The lowest BCUT2D eigenvalue weighted by Crippen LogP contribution is -2.20. The summed E-state index contributed by atoms with van der Waals surface area (Å²) in [7, 11) is 1.60. The molecule has 0 saturated carbocycles. The normalized spacial score (nSPS) is 11.0. The molecule has 4 aromatic rings. The van der Waals surface area contributed by atoms with Crippen molar-refractivity contribution in [3.8, 4) is 22.8 Å². The summed E-state index contributed by atoms with van der Waals surface area (Å²) in [5, 5.41) is 13.3. The highest BCUT2D eigenvalue weighted by molar-refractivity contribution is 9.10. The highest BCUT2D eigenvalue weighted by atomic mass is 79.9. The summed E-state index contributed by atoms with van der Waals surface area (Å²) in [6, 6.07) is 18.9. The number of hydrogen-bond donors (Lipinski definition) is 1. The topological polar surface area (TPSA) is 94.3 Å². The Morgan fingerprint density at radius 2 is 1.94 bits per heavy atom. The summed E-state index contributed by atoms with van der Waals surface area (Å²) in [5.74, 6) is 1.26. The summed E-state index contributed by atoms with van der Waals surface area (Å²) in [4.78, 5) is 16.4. The molecule has 2 aromatic carbocycles. The number of pyridine rings is 1. The molecule has 0 radical (unpaired) electrons. The number of carbonyl (C=O) groups excluding carboxylic acids is 1. The number of amides is 1. The van der Waals surface area contributed by atoms with Crippen LogP contribution in [0.3, 0.4) is 0 Å². The van der Waals surface area contributed by atoms with Gasteiger partial charge in [0.2, 0.25) is 0 Å². The van der Waals surface area contributed by atoms with Crippen molar-refractivity contribution in [1.29, 1.82) is 0 Å². The molecule has 10 heteroatoms. The number of hydrogen-bond acceptors (Lipinski definition) is 7. The molecule has 0 atom stereocenters. The summed E-state index contributed by atoms with van der Waals surface area (Å²) in [6.45, 7) is 0. The highest BCUT2D eigenvalue weighted by Gasteiger charge is 2.17. The van der Waals surface area contributed by atoms with Crippen LogP contribution in [0.1, 0.15) is 5.56 Å². The third kappa shape index (κ3) is 5.85. The van der Waals surface area contributed by atoms with Gasteiger partial charge in [-0.1, -0.05) is 39.8 Å². The number of carbonyl (C=O) groups is 1. The first-order chi connectivity index (χ1) is 16.1. The molecule has 2 aromatic heterocycles. The van der Waals surface area contributed by atoms with Gasteiger partial charge in [-0.15, -0.1) is 10.2 Å². The predicted molar refractivity (Wildman–Crippen MR) is 132 cm³/mol. The van der Waals surface area contributed by atoms with E-state index in [2.05, 4.69) is 41.6 Å². The van der Waals surface area contributed by atoms with Crippen LogP contribution < -0.4 is 10.2 Å². The average Bonchev–Trinajstić information content (AvgIpc) is 3.28. The molecule has 0 aliphatic carbocycles. The Kier molecular flexibility index (Phi) is 7.48. The maximum Gasteiger partial charge on any atom is 0.250 e. The molecule has 0 bridgehead atoms. The van der Waals surface area contributed by atoms with Gasteiger partial charge in [0.1, 0.15) is 5.75 Å². The van der Waals surface area contributed by atoms with E-state index in [1.54, 1.807) is 25.7 Å². The number of benzene rings is 2. The van der Waals surface area contributed by atoms with Crippen molar-refractivity contribution < 1.29 is 9.53 Å². The van der Waals surface area contributed by atoms with E-state index in [1.165, 1.54) is 11.8 Å². The lowest BCUT2D eigenvalue weighted by atomic mass is 10.2. The van der Waals surface area contributed by atoms with Gasteiger partial charge in [0.25, 0.3) is 5.91 Å². The molecular formula is C23H19BrN6O2S. The third-order valence-electron chi connectivity index (χ3n) is 4.49. The van der Waals surface area contributed by atoms with Crippen LogP contribution in [0.25, 0.3) is 17.1 Å². The fraction of sp³-hybridized carbons (Fsp3) is 0.0870. The van der Waals surface area contributed by atoms with Gasteiger partial charge in [-0.25, -0.2) is 5.43 Å². The Labute approximate surface area is 203 Å². The number of methoxy groups -OCH3 is 1. The Balaban J connectivity index is 1.48. The van der Waals surface area contributed by atoms with Crippen molar-refractivity contribution in [2.75, 3.05) is 12.9 Å². The van der Waals surface area contributed by atoms with E-state index in [9.17, 15) is 4.79 Å². The fourth-order valence-electron chi connectivity index (χ4n) is 2.94. The van der Waals surface area contributed by atoms with Gasteiger partial charge in [0, 0.05) is 28.1 Å². The van der Waals surface area contributed by atoms with Crippen LogP contribution in [0.15, 0.2) is 87.8 Å². The molecule has 0 fully saturated rings. The number of ether oxygens (including phenoxy) is 1. The number of thioether (sulfide) groups is 1. The second-order valence-corrected chi connectivity index (χ2v) is 8.57. The van der Waals surface area contributed by atoms with Crippen LogP contribution in [-0.2, 0) is 4.79 Å². The van der Waals surface area contributed by atoms with E-state index in [0.29, 0.717) is 11.0 Å². The largest absolute Gasteiger partial charge is 0.497 e. The smallest absolute Gasteiger partial charge is 0.250 e. The number of nitrogens with zero attached hydrogens (tertiary/aromatic N) is 5. The van der Waals surface area contributed by atoms with Crippen LogP contribution in [0, 0.1) is 0 Å². The molecule has 33 heavy (non-hydrogen) atoms. The second kappa shape index (κ2) is 10.9. The molecular weight excluding hydrogens is 504 g/mol. The highest BCUT2D eigenvalue weighted by Crippen LogP contribution is 2.28. The van der Waals surface area contributed by atoms with E-state index in [1.807, 2.05) is 65.2 Å². The van der Waals surface area contributed by atoms with E-state index in [-0.39, 0.29) is 11.7 Å². The lowest BCUT2D eigenvalue weighted by molar-refractivity contribution is -0.118. The summed E-state index contributed by atoms with van der Waals surface area (Å²) in [5.41, 5.74) is 5.12. The minimum absolute atomic E-state index is 0.125. The molecule has 4 rings (SSSR count). The number of rotatable bonds is 8. The van der Waals surface area contributed by atoms with Gasteiger partial charge < -0.3 is 4.74 Å².